The van der Waals surface area contributed by atoms with Crippen molar-refractivity contribution in [3.8, 4) is 0 Å². The number of amides is 2. The molecular formula is C14H13N3O3. The SMILES string of the molecule is Cc1cncc(NC(=O)Nc2ccccc2C(=O)O)c1. The van der Waals surface area contributed by atoms with Crippen molar-refractivity contribution in [1.82, 2.24) is 4.98 Å². The van der Waals surface area contributed by atoms with Crippen LogP contribution in [-0.4, -0.2) is 22.1 Å². The number of aromatic carboxylic acids is 1. The van der Waals surface area contributed by atoms with E-state index in [0.29, 0.717) is 5.69 Å². The molecule has 0 atom stereocenters. The number of rotatable bonds is 3. The summed E-state index contributed by atoms with van der Waals surface area (Å²) in [6.07, 6.45) is 3.18. The molecular weight excluding hydrogens is 258 g/mol. The van der Waals surface area contributed by atoms with Gasteiger partial charge in [-0.1, -0.05) is 12.1 Å². The van der Waals surface area contributed by atoms with Gasteiger partial charge in [0.1, 0.15) is 0 Å². The van der Waals surface area contributed by atoms with E-state index in [2.05, 4.69) is 15.6 Å². The van der Waals surface area contributed by atoms with Crippen molar-refractivity contribution >= 4 is 23.4 Å². The maximum absolute atomic E-state index is 11.8. The van der Waals surface area contributed by atoms with Crippen molar-refractivity contribution in [2.75, 3.05) is 10.6 Å². The number of nitrogens with one attached hydrogen (secondary N) is 2. The summed E-state index contributed by atoms with van der Waals surface area (Å²) >= 11 is 0. The first-order valence-electron chi connectivity index (χ1n) is 5.88. The van der Waals surface area contributed by atoms with Crippen LogP contribution < -0.4 is 10.6 Å². The molecule has 0 aliphatic heterocycles. The largest absolute Gasteiger partial charge is 0.478 e. The fourth-order valence-electron chi connectivity index (χ4n) is 1.69. The van der Waals surface area contributed by atoms with Crippen molar-refractivity contribution in [2.24, 2.45) is 0 Å². The Morgan fingerprint density at radius 1 is 1.15 bits per heavy atom. The highest BCUT2D eigenvalue weighted by molar-refractivity contribution is 6.04. The van der Waals surface area contributed by atoms with Gasteiger partial charge in [-0.2, -0.15) is 0 Å². The highest BCUT2D eigenvalue weighted by Gasteiger charge is 2.11. The third-order valence-corrected chi connectivity index (χ3v) is 2.54. The molecule has 0 unspecified atom stereocenters. The molecule has 0 saturated carbocycles. The molecule has 6 heteroatoms. The number of nitrogens with zero attached hydrogens (tertiary/aromatic N) is 1. The molecule has 0 radical (unpaired) electrons. The normalized spacial score (nSPS) is 9.85. The molecule has 0 bridgehead atoms. The van der Waals surface area contributed by atoms with Gasteiger partial charge < -0.3 is 15.7 Å². The average molecular weight is 271 g/mol. The standard InChI is InChI=1S/C14H13N3O3/c1-9-6-10(8-15-7-9)16-14(20)17-12-5-3-2-4-11(12)13(18)19/h2-8H,1H3,(H,18,19)(H2,16,17,20). The van der Waals surface area contributed by atoms with Crippen LogP contribution >= 0.6 is 0 Å². The number of urea groups is 1. The van der Waals surface area contributed by atoms with Crippen molar-refractivity contribution in [3.63, 3.8) is 0 Å². The average Bonchev–Trinajstić information content (AvgIpc) is 2.38. The molecule has 1 aromatic heterocycles. The Morgan fingerprint density at radius 3 is 2.60 bits per heavy atom. The lowest BCUT2D eigenvalue weighted by Crippen LogP contribution is -2.21. The predicted octanol–water partition coefficient (Wildman–Crippen LogP) is 2.73. The Balaban J connectivity index is 2.11. The van der Waals surface area contributed by atoms with Crippen LogP contribution in [0.1, 0.15) is 15.9 Å². The number of aromatic nitrogens is 1. The number of carbonyl (C=O) groups excluding carboxylic acids is 1. The minimum absolute atomic E-state index is 0.0324. The molecule has 0 fully saturated rings. The van der Waals surface area contributed by atoms with E-state index >= 15 is 0 Å². The third-order valence-electron chi connectivity index (χ3n) is 2.54. The van der Waals surface area contributed by atoms with Crippen molar-refractivity contribution < 1.29 is 14.7 Å². The predicted molar refractivity (Wildman–Crippen MR) is 75.0 cm³/mol. The quantitative estimate of drug-likeness (QED) is 0.800. The first-order valence-corrected chi connectivity index (χ1v) is 5.88. The number of para-hydroxylation sites is 1. The van der Waals surface area contributed by atoms with Crippen LogP contribution in [0.25, 0.3) is 0 Å². The van der Waals surface area contributed by atoms with Crippen LogP contribution in [0.15, 0.2) is 42.7 Å². The molecule has 0 aliphatic rings. The van der Waals surface area contributed by atoms with Gasteiger partial charge in [-0.25, -0.2) is 9.59 Å². The molecule has 6 nitrogen and oxygen atoms in total. The van der Waals surface area contributed by atoms with E-state index < -0.39 is 12.0 Å². The Kier molecular flexibility index (Phi) is 3.95. The first kappa shape index (κ1) is 13.5. The zero-order valence-corrected chi connectivity index (χ0v) is 10.8. The lowest BCUT2D eigenvalue weighted by molar-refractivity contribution is 0.0698. The number of hydrogen-bond acceptors (Lipinski definition) is 3. The van der Waals surface area contributed by atoms with Gasteiger partial charge in [0.2, 0.25) is 0 Å². The molecule has 2 rings (SSSR count). The zero-order chi connectivity index (χ0) is 14.5. The summed E-state index contributed by atoms with van der Waals surface area (Å²) in [4.78, 5) is 26.8. The summed E-state index contributed by atoms with van der Waals surface area (Å²) in [6, 6.07) is 7.43. The van der Waals surface area contributed by atoms with E-state index in [9.17, 15) is 9.59 Å². The summed E-state index contributed by atoms with van der Waals surface area (Å²) in [5.74, 6) is -1.10. The van der Waals surface area contributed by atoms with Gasteiger partial charge in [0, 0.05) is 6.20 Å². The van der Waals surface area contributed by atoms with Crippen LogP contribution in [0.5, 0.6) is 0 Å². The molecule has 102 valence electrons. The van der Waals surface area contributed by atoms with E-state index in [-0.39, 0.29) is 11.3 Å². The maximum atomic E-state index is 11.8. The molecule has 2 amide bonds. The Bertz CT molecular complexity index is 656. The van der Waals surface area contributed by atoms with Crippen molar-refractivity contribution in [2.45, 2.75) is 6.92 Å². The van der Waals surface area contributed by atoms with E-state index in [1.165, 1.54) is 18.3 Å². The number of anilines is 2. The fourth-order valence-corrected chi connectivity index (χ4v) is 1.69. The van der Waals surface area contributed by atoms with E-state index in [1.54, 1.807) is 24.4 Å². The van der Waals surface area contributed by atoms with Gasteiger partial charge in [0.05, 0.1) is 23.1 Å². The van der Waals surface area contributed by atoms with Crippen LogP contribution in [0.4, 0.5) is 16.2 Å². The summed E-state index contributed by atoms with van der Waals surface area (Å²) in [5, 5.41) is 14.1. The second-order valence-electron chi connectivity index (χ2n) is 4.18. The lowest BCUT2D eigenvalue weighted by Gasteiger charge is -2.09. The fraction of sp³-hybridized carbons (Fsp3) is 0.0714. The smallest absolute Gasteiger partial charge is 0.337 e. The second kappa shape index (κ2) is 5.83. The van der Waals surface area contributed by atoms with Crippen LogP contribution in [0, 0.1) is 6.92 Å². The van der Waals surface area contributed by atoms with Gasteiger partial charge >= 0.3 is 12.0 Å². The highest BCUT2D eigenvalue weighted by atomic mass is 16.4. The summed E-state index contributed by atoms with van der Waals surface area (Å²) in [7, 11) is 0. The van der Waals surface area contributed by atoms with Crippen LogP contribution in [0.3, 0.4) is 0 Å². The molecule has 20 heavy (non-hydrogen) atoms. The molecule has 3 N–H and O–H groups in total. The minimum atomic E-state index is -1.10. The summed E-state index contributed by atoms with van der Waals surface area (Å²) in [6.45, 7) is 1.86. The molecule has 0 saturated heterocycles. The number of benzene rings is 1. The number of pyridine rings is 1. The Hall–Kier alpha value is -2.89. The molecule has 1 heterocycles. The number of carboxylic acid groups (broad SMARTS) is 1. The van der Waals surface area contributed by atoms with Gasteiger partial charge in [-0.05, 0) is 30.7 Å². The minimum Gasteiger partial charge on any atom is -0.478 e. The summed E-state index contributed by atoms with van der Waals surface area (Å²) < 4.78 is 0. The molecule has 0 aliphatic carbocycles. The second-order valence-corrected chi connectivity index (χ2v) is 4.18. The maximum Gasteiger partial charge on any atom is 0.337 e. The lowest BCUT2D eigenvalue weighted by atomic mass is 10.2. The topological polar surface area (TPSA) is 91.3 Å². The van der Waals surface area contributed by atoms with E-state index in [0.717, 1.165) is 5.56 Å². The van der Waals surface area contributed by atoms with E-state index in [1.807, 2.05) is 6.92 Å². The van der Waals surface area contributed by atoms with Gasteiger partial charge in [0.15, 0.2) is 0 Å². The Labute approximate surface area is 115 Å². The highest BCUT2D eigenvalue weighted by Crippen LogP contribution is 2.15. The van der Waals surface area contributed by atoms with Crippen molar-refractivity contribution in [1.29, 1.82) is 0 Å². The Morgan fingerprint density at radius 2 is 1.90 bits per heavy atom. The molecule has 1 aromatic carbocycles. The number of aryl methyl sites for hydroxylation is 1. The van der Waals surface area contributed by atoms with Crippen LogP contribution in [-0.2, 0) is 0 Å². The molecule has 0 spiro atoms. The molecule has 2 aromatic rings. The number of hydrogen-bond donors (Lipinski definition) is 3. The number of carboxylic acids is 1. The van der Waals surface area contributed by atoms with Crippen LogP contribution in [0.2, 0.25) is 0 Å². The van der Waals surface area contributed by atoms with Gasteiger partial charge in [0.25, 0.3) is 0 Å². The third kappa shape index (κ3) is 3.32. The summed E-state index contributed by atoms with van der Waals surface area (Å²) in [5.41, 5.74) is 1.71. The van der Waals surface area contributed by atoms with Crippen molar-refractivity contribution in [3.05, 3.63) is 53.9 Å². The van der Waals surface area contributed by atoms with E-state index in [4.69, 9.17) is 5.11 Å². The monoisotopic (exact) mass is 271 g/mol. The van der Waals surface area contributed by atoms with Gasteiger partial charge in [-0.3, -0.25) is 4.98 Å². The zero-order valence-electron chi connectivity index (χ0n) is 10.8. The number of carbonyl (C=O) groups is 2. The first-order chi connectivity index (χ1) is 9.56. The van der Waals surface area contributed by atoms with Gasteiger partial charge in [-0.15, -0.1) is 0 Å².